The highest BCUT2D eigenvalue weighted by molar-refractivity contribution is 5.78. The van der Waals surface area contributed by atoms with Crippen molar-refractivity contribution in [2.45, 2.75) is 19.4 Å². The molecule has 0 amide bonds. The highest BCUT2D eigenvalue weighted by Gasteiger charge is 2.24. The van der Waals surface area contributed by atoms with E-state index in [1.165, 1.54) is 16.7 Å². The van der Waals surface area contributed by atoms with Crippen LogP contribution in [0.15, 0.2) is 24.0 Å². The lowest BCUT2D eigenvalue weighted by molar-refractivity contribution is -0.0286. The van der Waals surface area contributed by atoms with Crippen LogP contribution in [0.25, 0.3) is 17.3 Å². The maximum atomic E-state index is 5.46. The molecule has 0 bridgehead atoms. The van der Waals surface area contributed by atoms with E-state index in [4.69, 9.17) is 14.5 Å². The number of fused-ring (bicyclic) bond motifs is 1. The normalized spacial score (nSPS) is 20.7. The molecule has 4 heterocycles. The Kier molecular flexibility index (Phi) is 4.11. The lowest BCUT2D eigenvalue weighted by Gasteiger charge is -2.26. The number of aryl methyl sites for hydroxylation is 1. The van der Waals surface area contributed by atoms with Crippen molar-refractivity contribution in [3.8, 4) is 11.3 Å². The standard InChI is InChI=1S/C20H24N4O2/c1-14-6-16-7-15(10-23-2-4-25-5-3-23)8-19(16)20(22-14)17-9-21-24(11-17)18-12-26-13-18/h6,8-9,11,18H,2-5,7,10,12-13H2,1H3. The molecule has 0 spiro atoms. The fourth-order valence-corrected chi connectivity index (χ4v) is 3.96. The number of pyridine rings is 1. The third-order valence-electron chi connectivity index (χ3n) is 5.44. The van der Waals surface area contributed by atoms with Crippen molar-refractivity contribution in [3.05, 3.63) is 40.9 Å². The zero-order chi connectivity index (χ0) is 17.5. The van der Waals surface area contributed by atoms with Gasteiger partial charge in [-0.05, 0) is 25.0 Å². The number of rotatable bonds is 4. The number of nitrogens with zero attached hydrogens (tertiary/aromatic N) is 4. The van der Waals surface area contributed by atoms with Gasteiger partial charge in [0.15, 0.2) is 0 Å². The first-order valence-corrected chi connectivity index (χ1v) is 9.38. The Morgan fingerprint density at radius 1 is 1.19 bits per heavy atom. The first-order chi connectivity index (χ1) is 12.8. The minimum atomic E-state index is 0.369. The van der Waals surface area contributed by atoms with Gasteiger partial charge in [-0.3, -0.25) is 14.6 Å². The van der Waals surface area contributed by atoms with E-state index in [1.54, 1.807) is 0 Å². The summed E-state index contributed by atoms with van der Waals surface area (Å²) in [6.07, 6.45) is 7.42. The van der Waals surface area contributed by atoms with Crippen LogP contribution in [0.1, 0.15) is 22.9 Å². The van der Waals surface area contributed by atoms with Gasteiger partial charge in [-0.2, -0.15) is 5.10 Å². The van der Waals surface area contributed by atoms with E-state index in [0.717, 1.165) is 69.4 Å². The van der Waals surface area contributed by atoms with E-state index in [1.807, 2.05) is 10.9 Å². The summed E-state index contributed by atoms with van der Waals surface area (Å²) in [5.41, 5.74) is 7.35. The van der Waals surface area contributed by atoms with Crippen molar-refractivity contribution in [2.75, 3.05) is 46.1 Å². The molecule has 136 valence electrons. The molecule has 0 aromatic carbocycles. The lowest BCUT2D eigenvalue weighted by Crippen LogP contribution is -2.37. The zero-order valence-electron chi connectivity index (χ0n) is 15.1. The largest absolute Gasteiger partial charge is 0.379 e. The predicted octanol–water partition coefficient (Wildman–Crippen LogP) is 2.10. The van der Waals surface area contributed by atoms with E-state index in [9.17, 15) is 0 Å². The van der Waals surface area contributed by atoms with E-state index in [0.29, 0.717) is 6.04 Å². The van der Waals surface area contributed by atoms with Crippen molar-refractivity contribution in [1.82, 2.24) is 19.7 Å². The number of morpholine rings is 1. The van der Waals surface area contributed by atoms with E-state index < -0.39 is 0 Å². The SMILES string of the molecule is Cc1cc2c(c(-c3cnn(C4COC4)c3)n1)C=C(CN1CCOCC1)C2. The number of hydrogen-bond donors (Lipinski definition) is 0. The second-order valence-corrected chi connectivity index (χ2v) is 7.45. The highest BCUT2D eigenvalue weighted by atomic mass is 16.5. The molecule has 0 saturated carbocycles. The summed E-state index contributed by atoms with van der Waals surface area (Å²) in [7, 11) is 0. The van der Waals surface area contributed by atoms with Crippen LogP contribution in [-0.2, 0) is 15.9 Å². The minimum Gasteiger partial charge on any atom is -0.379 e. The van der Waals surface area contributed by atoms with Crippen LogP contribution in [0.5, 0.6) is 0 Å². The molecule has 2 aromatic rings. The summed E-state index contributed by atoms with van der Waals surface area (Å²) in [5.74, 6) is 0. The minimum absolute atomic E-state index is 0.369. The maximum Gasteiger partial charge on any atom is 0.0985 e. The molecule has 1 aliphatic carbocycles. The molecule has 26 heavy (non-hydrogen) atoms. The molecule has 0 unspecified atom stereocenters. The summed E-state index contributed by atoms with van der Waals surface area (Å²) in [4.78, 5) is 7.33. The van der Waals surface area contributed by atoms with Gasteiger partial charge in [0, 0.05) is 42.7 Å². The number of hydrogen-bond acceptors (Lipinski definition) is 5. The summed E-state index contributed by atoms with van der Waals surface area (Å²) in [6.45, 7) is 8.34. The average Bonchev–Trinajstić information content (AvgIpc) is 3.20. The molecular formula is C20H24N4O2. The van der Waals surface area contributed by atoms with Gasteiger partial charge in [0.05, 0.1) is 44.4 Å². The first kappa shape index (κ1) is 16.2. The van der Waals surface area contributed by atoms with Crippen LogP contribution in [-0.4, -0.2) is 65.7 Å². The van der Waals surface area contributed by atoms with Gasteiger partial charge in [-0.1, -0.05) is 11.6 Å². The molecule has 5 rings (SSSR count). The van der Waals surface area contributed by atoms with Crippen LogP contribution in [0.2, 0.25) is 0 Å². The van der Waals surface area contributed by atoms with Crippen LogP contribution in [0.3, 0.4) is 0 Å². The van der Waals surface area contributed by atoms with Crippen LogP contribution in [0, 0.1) is 6.92 Å². The van der Waals surface area contributed by atoms with E-state index in [2.05, 4.69) is 35.3 Å². The quantitative estimate of drug-likeness (QED) is 0.843. The molecule has 6 nitrogen and oxygen atoms in total. The molecular weight excluding hydrogens is 328 g/mol. The third kappa shape index (κ3) is 2.98. The Bertz CT molecular complexity index is 847. The molecule has 0 atom stereocenters. The van der Waals surface area contributed by atoms with Gasteiger partial charge in [-0.15, -0.1) is 0 Å². The predicted molar refractivity (Wildman–Crippen MR) is 99.0 cm³/mol. The van der Waals surface area contributed by atoms with Gasteiger partial charge in [0.25, 0.3) is 0 Å². The molecule has 0 N–H and O–H groups in total. The van der Waals surface area contributed by atoms with E-state index in [-0.39, 0.29) is 0 Å². The Morgan fingerprint density at radius 3 is 2.81 bits per heavy atom. The van der Waals surface area contributed by atoms with Crippen molar-refractivity contribution < 1.29 is 9.47 Å². The van der Waals surface area contributed by atoms with Gasteiger partial charge in [-0.25, -0.2) is 0 Å². The molecule has 0 radical (unpaired) electrons. The molecule has 2 aromatic heterocycles. The second kappa shape index (κ2) is 6.61. The number of ether oxygens (including phenoxy) is 2. The smallest absolute Gasteiger partial charge is 0.0985 e. The summed E-state index contributed by atoms with van der Waals surface area (Å²) < 4.78 is 12.8. The Labute approximate surface area is 153 Å². The Morgan fingerprint density at radius 2 is 2.04 bits per heavy atom. The van der Waals surface area contributed by atoms with Crippen molar-refractivity contribution in [3.63, 3.8) is 0 Å². The fourth-order valence-electron chi connectivity index (χ4n) is 3.96. The van der Waals surface area contributed by atoms with Crippen molar-refractivity contribution in [2.24, 2.45) is 0 Å². The zero-order valence-corrected chi connectivity index (χ0v) is 15.1. The van der Waals surface area contributed by atoms with Gasteiger partial charge in [0.1, 0.15) is 0 Å². The summed E-state index contributed by atoms with van der Waals surface area (Å²) in [6, 6.07) is 2.60. The van der Waals surface area contributed by atoms with Crippen LogP contribution in [0.4, 0.5) is 0 Å². The number of aromatic nitrogens is 3. The monoisotopic (exact) mass is 352 g/mol. The highest BCUT2D eigenvalue weighted by Crippen LogP contribution is 2.34. The first-order valence-electron chi connectivity index (χ1n) is 9.38. The molecule has 2 saturated heterocycles. The van der Waals surface area contributed by atoms with Gasteiger partial charge < -0.3 is 9.47 Å². The summed E-state index contributed by atoms with van der Waals surface area (Å²) in [5, 5.41) is 4.54. The average molecular weight is 352 g/mol. The Balaban J connectivity index is 1.43. The second-order valence-electron chi connectivity index (χ2n) is 7.45. The van der Waals surface area contributed by atoms with Gasteiger partial charge in [0.2, 0.25) is 0 Å². The Hall–Kier alpha value is -2.02. The third-order valence-corrected chi connectivity index (χ3v) is 5.44. The molecule has 3 aliphatic rings. The topological polar surface area (TPSA) is 52.4 Å². The van der Waals surface area contributed by atoms with Gasteiger partial charge >= 0.3 is 0 Å². The molecule has 6 heteroatoms. The molecule has 2 fully saturated rings. The van der Waals surface area contributed by atoms with E-state index >= 15 is 0 Å². The lowest BCUT2D eigenvalue weighted by atomic mass is 10.0. The molecule has 2 aliphatic heterocycles. The van der Waals surface area contributed by atoms with Crippen LogP contribution >= 0.6 is 0 Å². The van der Waals surface area contributed by atoms with Crippen molar-refractivity contribution in [1.29, 1.82) is 0 Å². The van der Waals surface area contributed by atoms with Crippen molar-refractivity contribution >= 4 is 6.08 Å². The fraction of sp³-hybridized carbons (Fsp3) is 0.500. The van der Waals surface area contributed by atoms with Crippen LogP contribution < -0.4 is 0 Å². The maximum absolute atomic E-state index is 5.46. The summed E-state index contributed by atoms with van der Waals surface area (Å²) >= 11 is 0.